The van der Waals surface area contributed by atoms with Gasteiger partial charge in [0.15, 0.2) is 5.79 Å². The van der Waals surface area contributed by atoms with E-state index in [1.54, 1.807) is 5.57 Å². The van der Waals surface area contributed by atoms with Crippen LogP contribution in [0.2, 0.25) is 0 Å². The van der Waals surface area contributed by atoms with Crippen LogP contribution >= 0.6 is 0 Å². The van der Waals surface area contributed by atoms with E-state index in [9.17, 15) is 5.21 Å². The number of rotatable bonds is 1. The van der Waals surface area contributed by atoms with Gasteiger partial charge in [0.2, 0.25) is 0 Å². The number of hydrogen-bond donors (Lipinski definition) is 1. The van der Waals surface area contributed by atoms with Crippen molar-refractivity contribution < 1.29 is 14.7 Å². The largest absolute Gasteiger partial charge is 0.411 e. The number of nitrogens with zero attached hydrogens (tertiary/aromatic N) is 1. The van der Waals surface area contributed by atoms with Gasteiger partial charge in [-0.25, -0.2) is 0 Å². The van der Waals surface area contributed by atoms with Gasteiger partial charge in [0.1, 0.15) is 0 Å². The van der Waals surface area contributed by atoms with Crippen LogP contribution in [0.3, 0.4) is 0 Å². The fourth-order valence-corrected chi connectivity index (χ4v) is 8.24. The Morgan fingerprint density at radius 3 is 2.48 bits per heavy atom. The zero-order valence-electron chi connectivity index (χ0n) is 17.2. The second-order valence-corrected chi connectivity index (χ2v) is 10.5. The van der Waals surface area contributed by atoms with E-state index in [1.807, 2.05) is 0 Å². The zero-order chi connectivity index (χ0) is 18.9. The zero-order valence-corrected chi connectivity index (χ0v) is 17.2. The lowest BCUT2D eigenvalue weighted by molar-refractivity contribution is -0.214. The molecule has 0 bridgehead atoms. The molecule has 0 amide bonds. The van der Waals surface area contributed by atoms with Crippen molar-refractivity contribution in [3.8, 4) is 0 Å². The van der Waals surface area contributed by atoms with Crippen molar-refractivity contribution in [2.45, 2.75) is 77.9 Å². The quantitative estimate of drug-likeness (QED) is 0.510. The summed E-state index contributed by atoms with van der Waals surface area (Å²) in [6.45, 7) is 8.75. The Kier molecular flexibility index (Phi) is 4.08. The third-order valence-electron chi connectivity index (χ3n) is 9.60. The van der Waals surface area contributed by atoms with Crippen molar-refractivity contribution in [3.63, 3.8) is 0 Å². The fourth-order valence-electron chi connectivity index (χ4n) is 8.24. The molecular weight excluding hydrogens is 338 g/mol. The molecule has 0 aromatic heterocycles. The highest BCUT2D eigenvalue weighted by Gasteiger charge is 2.62. The summed E-state index contributed by atoms with van der Waals surface area (Å²) in [4.78, 5) is 0. The highest BCUT2D eigenvalue weighted by atomic mass is 16.7. The van der Waals surface area contributed by atoms with E-state index in [-0.39, 0.29) is 5.79 Å². The fraction of sp³-hybridized carbons (Fsp3) is 0.870. The lowest BCUT2D eigenvalue weighted by Gasteiger charge is -2.59. The first-order valence-corrected chi connectivity index (χ1v) is 11.1. The predicted molar refractivity (Wildman–Crippen MR) is 105 cm³/mol. The van der Waals surface area contributed by atoms with Crippen LogP contribution in [0.4, 0.5) is 0 Å². The van der Waals surface area contributed by atoms with Crippen molar-refractivity contribution in [1.82, 2.24) is 0 Å². The molecule has 0 aromatic rings. The van der Waals surface area contributed by atoms with Gasteiger partial charge in [-0.2, -0.15) is 0 Å². The van der Waals surface area contributed by atoms with E-state index in [1.165, 1.54) is 38.5 Å². The molecule has 27 heavy (non-hydrogen) atoms. The third-order valence-corrected chi connectivity index (χ3v) is 9.60. The molecule has 4 nitrogen and oxygen atoms in total. The molecule has 0 spiro atoms. The maximum atomic E-state index is 9.23. The van der Waals surface area contributed by atoms with Crippen molar-refractivity contribution in [2.24, 2.45) is 39.7 Å². The lowest BCUT2D eigenvalue weighted by Crippen LogP contribution is -2.53. The molecule has 4 aliphatic carbocycles. The van der Waals surface area contributed by atoms with E-state index in [2.05, 4.69) is 32.0 Å². The first-order valence-electron chi connectivity index (χ1n) is 11.1. The van der Waals surface area contributed by atoms with Crippen molar-refractivity contribution in [3.05, 3.63) is 11.6 Å². The van der Waals surface area contributed by atoms with E-state index in [0.29, 0.717) is 16.7 Å². The number of fused-ring (bicyclic) bond motifs is 5. The molecule has 1 heterocycles. The Bertz CT molecular complexity index is 679. The number of hydrogen-bond acceptors (Lipinski definition) is 4. The molecule has 6 atom stereocenters. The molecule has 5 aliphatic rings. The Morgan fingerprint density at radius 2 is 1.74 bits per heavy atom. The molecule has 5 rings (SSSR count). The molecule has 4 heteroatoms. The van der Waals surface area contributed by atoms with Crippen LogP contribution in [0, 0.1) is 34.5 Å². The summed E-state index contributed by atoms with van der Waals surface area (Å²) in [5.74, 6) is 2.58. The van der Waals surface area contributed by atoms with Gasteiger partial charge in [-0.3, -0.25) is 0 Å². The second kappa shape index (κ2) is 6.06. The number of oxime groups is 1. The van der Waals surface area contributed by atoms with Crippen molar-refractivity contribution in [2.75, 3.05) is 13.2 Å². The Balaban J connectivity index is 1.44. The van der Waals surface area contributed by atoms with E-state index in [4.69, 9.17) is 9.47 Å². The summed E-state index contributed by atoms with van der Waals surface area (Å²) < 4.78 is 12.3. The van der Waals surface area contributed by atoms with Gasteiger partial charge >= 0.3 is 0 Å². The molecule has 3 saturated carbocycles. The summed E-state index contributed by atoms with van der Waals surface area (Å²) >= 11 is 0. The Morgan fingerprint density at radius 1 is 0.963 bits per heavy atom. The molecule has 4 fully saturated rings. The van der Waals surface area contributed by atoms with Crippen LogP contribution in [-0.2, 0) is 9.47 Å². The first kappa shape index (κ1) is 18.2. The lowest BCUT2D eigenvalue weighted by atomic mass is 9.46. The Hall–Kier alpha value is -0.870. The first-order chi connectivity index (χ1) is 12.9. The van der Waals surface area contributed by atoms with Gasteiger partial charge in [-0.1, -0.05) is 24.6 Å². The SMILES string of the molecule is CC1([C@H]2CCC3C4CCC5=C/C(=N\O)CC[C@]5(C)C4CC[C@@]32C)OCCO1. The molecule has 150 valence electrons. The van der Waals surface area contributed by atoms with Crippen LogP contribution in [0.25, 0.3) is 0 Å². The third kappa shape index (κ3) is 2.45. The molecule has 1 aliphatic heterocycles. The maximum absolute atomic E-state index is 9.23. The van der Waals surface area contributed by atoms with Crippen LogP contribution < -0.4 is 0 Å². The number of allylic oxidation sites excluding steroid dienone is 2. The minimum atomic E-state index is -0.364. The van der Waals surface area contributed by atoms with Crippen molar-refractivity contribution in [1.29, 1.82) is 0 Å². The van der Waals surface area contributed by atoms with Crippen molar-refractivity contribution >= 4 is 5.71 Å². The van der Waals surface area contributed by atoms with Gasteiger partial charge in [0.05, 0.1) is 18.9 Å². The van der Waals surface area contributed by atoms with E-state index >= 15 is 0 Å². The topological polar surface area (TPSA) is 51.1 Å². The summed E-state index contributed by atoms with van der Waals surface area (Å²) in [7, 11) is 0. The summed E-state index contributed by atoms with van der Waals surface area (Å²) in [6.07, 6.45) is 12.0. The molecular formula is C23H35NO3. The summed E-state index contributed by atoms with van der Waals surface area (Å²) in [5.41, 5.74) is 3.09. The standard InChI is InChI=1S/C23H35NO3/c1-21-10-8-16(24-25)14-15(21)4-5-17-18-6-7-20(23(3)26-12-13-27-23)22(18,2)11-9-19(17)21/h14,17-20,25H,4-13H2,1-3H3/b24-16-/t17?,18?,19?,20-,21-,22-/m0/s1. The van der Waals surface area contributed by atoms with Gasteiger partial charge in [0.25, 0.3) is 0 Å². The van der Waals surface area contributed by atoms with Gasteiger partial charge in [-0.15, -0.1) is 0 Å². The molecule has 3 unspecified atom stereocenters. The average molecular weight is 374 g/mol. The monoisotopic (exact) mass is 373 g/mol. The van der Waals surface area contributed by atoms with E-state index in [0.717, 1.165) is 49.5 Å². The minimum Gasteiger partial charge on any atom is -0.411 e. The minimum absolute atomic E-state index is 0.306. The predicted octanol–water partition coefficient (Wildman–Crippen LogP) is 5.16. The van der Waals surface area contributed by atoms with Gasteiger partial charge in [-0.05, 0) is 93.0 Å². The molecule has 0 aromatic carbocycles. The van der Waals surface area contributed by atoms with Crippen LogP contribution in [0.15, 0.2) is 16.8 Å². The second-order valence-electron chi connectivity index (χ2n) is 10.5. The van der Waals surface area contributed by atoms with Crippen LogP contribution in [0.5, 0.6) is 0 Å². The van der Waals surface area contributed by atoms with Crippen LogP contribution in [-0.4, -0.2) is 29.9 Å². The average Bonchev–Trinajstić information content (AvgIpc) is 3.24. The van der Waals surface area contributed by atoms with Gasteiger partial charge in [0, 0.05) is 5.92 Å². The molecule has 1 N–H and O–H groups in total. The Labute approximate surface area is 163 Å². The molecule has 1 saturated heterocycles. The maximum Gasteiger partial charge on any atom is 0.169 e. The number of ether oxygens (including phenoxy) is 2. The van der Waals surface area contributed by atoms with Crippen LogP contribution in [0.1, 0.15) is 72.1 Å². The van der Waals surface area contributed by atoms with E-state index < -0.39 is 0 Å². The summed E-state index contributed by atoms with van der Waals surface area (Å²) in [5, 5.41) is 12.7. The summed E-state index contributed by atoms with van der Waals surface area (Å²) in [6, 6.07) is 0. The highest BCUT2D eigenvalue weighted by Crippen LogP contribution is 2.68. The van der Waals surface area contributed by atoms with Gasteiger partial charge < -0.3 is 14.7 Å². The smallest absolute Gasteiger partial charge is 0.169 e. The highest BCUT2D eigenvalue weighted by molar-refractivity contribution is 5.96. The molecule has 0 radical (unpaired) electrons. The normalized spacial score (nSPS) is 50.0.